The summed E-state index contributed by atoms with van der Waals surface area (Å²) in [6, 6.07) is 5.93. The molecule has 4 heteroatoms. The molecule has 1 N–H and O–H groups in total. The van der Waals surface area contributed by atoms with Crippen molar-refractivity contribution in [1.29, 1.82) is 0 Å². The second kappa shape index (κ2) is 11.2. The van der Waals surface area contributed by atoms with Crippen LogP contribution in [0.1, 0.15) is 49.5 Å². The van der Waals surface area contributed by atoms with E-state index in [0.29, 0.717) is 26.4 Å². The van der Waals surface area contributed by atoms with Crippen LogP contribution < -0.4 is 5.32 Å². The zero-order chi connectivity index (χ0) is 17.1. The summed E-state index contributed by atoms with van der Waals surface area (Å²) >= 11 is 0. The number of ether oxygens (including phenoxy) is 2. The van der Waals surface area contributed by atoms with Gasteiger partial charge in [0.05, 0.1) is 19.8 Å². The third-order valence-electron chi connectivity index (χ3n) is 3.86. The van der Waals surface area contributed by atoms with E-state index in [4.69, 9.17) is 9.47 Å². The van der Waals surface area contributed by atoms with Crippen molar-refractivity contribution in [2.24, 2.45) is 5.92 Å². The second-order valence-corrected chi connectivity index (χ2v) is 5.82. The lowest BCUT2D eigenvalue weighted by Gasteiger charge is -2.16. The molecule has 0 bridgehead atoms. The lowest BCUT2D eigenvalue weighted by Crippen LogP contribution is -2.17. The van der Waals surface area contributed by atoms with Crippen LogP contribution in [0.2, 0.25) is 0 Å². The highest BCUT2D eigenvalue weighted by atomic mass is 16.5. The molecule has 0 heterocycles. The molecule has 4 nitrogen and oxygen atoms in total. The number of benzene rings is 1. The summed E-state index contributed by atoms with van der Waals surface area (Å²) in [4.78, 5) is 12.6. The molecule has 1 atom stereocenters. The molecule has 1 rings (SSSR count). The van der Waals surface area contributed by atoms with Gasteiger partial charge in [-0.25, -0.2) is 0 Å². The Morgan fingerprint density at radius 1 is 1.13 bits per heavy atom. The van der Waals surface area contributed by atoms with E-state index in [0.717, 1.165) is 36.3 Å². The van der Waals surface area contributed by atoms with Crippen LogP contribution >= 0.6 is 0 Å². The van der Waals surface area contributed by atoms with Crippen molar-refractivity contribution in [3.05, 3.63) is 29.3 Å². The van der Waals surface area contributed by atoms with Gasteiger partial charge in [0.25, 0.3) is 0 Å². The number of aryl methyl sites for hydroxylation is 1. The molecule has 0 saturated carbocycles. The fourth-order valence-electron chi connectivity index (χ4n) is 2.30. The summed E-state index contributed by atoms with van der Waals surface area (Å²) in [6.07, 6.45) is 1.88. The Labute approximate surface area is 140 Å². The smallest absolute Gasteiger partial charge is 0.167 e. The minimum absolute atomic E-state index is 0.0450. The standard InChI is InChI=1S/C19H31NO3/c1-5-11-22-13-14-23-12-10-20-17-9-7-8-16(4)18(17)19(21)15(3)6-2/h7-9,15,20H,5-6,10-14H2,1-4H3. The Morgan fingerprint density at radius 2 is 1.83 bits per heavy atom. The zero-order valence-electron chi connectivity index (χ0n) is 15.0. The summed E-state index contributed by atoms with van der Waals surface area (Å²) in [5.41, 5.74) is 2.74. The molecular weight excluding hydrogens is 290 g/mol. The average Bonchev–Trinajstić information content (AvgIpc) is 2.56. The Balaban J connectivity index is 2.48. The van der Waals surface area contributed by atoms with Crippen LogP contribution in [0.25, 0.3) is 0 Å². The predicted octanol–water partition coefficient (Wildman–Crippen LogP) is 4.08. The third kappa shape index (κ3) is 6.71. The summed E-state index contributed by atoms with van der Waals surface area (Å²) in [7, 11) is 0. The van der Waals surface area contributed by atoms with Gasteiger partial charge in [0.1, 0.15) is 0 Å². The topological polar surface area (TPSA) is 47.6 Å². The van der Waals surface area contributed by atoms with Crippen LogP contribution in [0, 0.1) is 12.8 Å². The SMILES string of the molecule is CCCOCCOCCNc1cccc(C)c1C(=O)C(C)CC. The van der Waals surface area contributed by atoms with Gasteiger partial charge in [0, 0.05) is 30.3 Å². The molecule has 1 aromatic carbocycles. The van der Waals surface area contributed by atoms with Crippen molar-refractivity contribution < 1.29 is 14.3 Å². The van der Waals surface area contributed by atoms with Crippen molar-refractivity contribution in [2.75, 3.05) is 38.3 Å². The zero-order valence-corrected chi connectivity index (χ0v) is 15.0. The molecular formula is C19H31NO3. The summed E-state index contributed by atoms with van der Waals surface area (Å²) < 4.78 is 10.9. The normalized spacial score (nSPS) is 12.2. The molecule has 0 aromatic heterocycles. The number of carbonyl (C=O) groups excluding carboxylic acids is 1. The molecule has 0 amide bonds. The Morgan fingerprint density at radius 3 is 2.48 bits per heavy atom. The number of hydrogen-bond donors (Lipinski definition) is 1. The number of hydrogen-bond acceptors (Lipinski definition) is 4. The molecule has 0 aliphatic carbocycles. The first-order valence-electron chi connectivity index (χ1n) is 8.64. The molecule has 23 heavy (non-hydrogen) atoms. The van der Waals surface area contributed by atoms with Crippen LogP contribution in [0.3, 0.4) is 0 Å². The molecule has 0 fully saturated rings. The van der Waals surface area contributed by atoms with Gasteiger partial charge < -0.3 is 14.8 Å². The van der Waals surface area contributed by atoms with E-state index in [2.05, 4.69) is 12.2 Å². The summed E-state index contributed by atoms with van der Waals surface area (Å²) in [5.74, 6) is 0.255. The number of carbonyl (C=O) groups is 1. The number of rotatable bonds is 12. The van der Waals surface area contributed by atoms with E-state index in [-0.39, 0.29) is 11.7 Å². The third-order valence-corrected chi connectivity index (χ3v) is 3.86. The maximum absolute atomic E-state index is 12.6. The fraction of sp³-hybridized carbons (Fsp3) is 0.632. The van der Waals surface area contributed by atoms with Gasteiger partial charge in [-0.1, -0.05) is 32.9 Å². The minimum atomic E-state index is 0.0450. The van der Waals surface area contributed by atoms with Gasteiger partial charge in [-0.3, -0.25) is 4.79 Å². The van der Waals surface area contributed by atoms with Crippen LogP contribution in [-0.4, -0.2) is 38.8 Å². The van der Waals surface area contributed by atoms with E-state index < -0.39 is 0 Å². The Kier molecular flexibility index (Phi) is 9.57. The highest BCUT2D eigenvalue weighted by molar-refractivity contribution is 6.03. The van der Waals surface area contributed by atoms with Crippen molar-refractivity contribution >= 4 is 11.5 Å². The Hall–Kier alpha value is -1.39. The molecule has 1 aromatic rings. The second-order valence-electron chi connectivity index (χ2n) is 5.82. The van der Waals surface area contributed by atoms with Crippen molar-refractivity contribution in [2.45, 2.75) is 40.5 Å². The highest BCUT2D eigenvalue weighted by Crippen LogP contribution is 2.24. The first-order chi connectivity index (χ1) is 11.1. The minimum Gasteiger partial charge on any atom is -0.382 e. The van der Waals surface area contributed by atoms with E-state index in [9.17, 15) is 4.79 Å². The van der Waals surface area contributed by atoms with Gasteiger partial charge in [-0.15, -0.1) is 0 Å². The van der Waals surface area contributed by atoms with Crippen molar-refractivity contribution in [3.63, 3.8) is 0 Å². The maximum Gasteiger partial charge on any atom is 0.167 e. The van der Waals surface area contributed by atoms with E-state index in [1.54, 1.807) is 0 Å². The fourth-order valence-corrected chi connectivity index (χ4v) is 2.30. The number of ketones is 1. The van der Waals surface area contributed by atoms with Crippen LogP contribution in [0.15, 0.2) is 18.2 Å². The quantitative estimate of drug-likeness (QED) is 0.465. The first kappa shape index (κ1) is 19.7. The molecule has 0 radical (unpaired) electrons. The number of anilines is 1. The van der Waals surface area contributed by atoms with Gasteiger partial charge in [0.2, 0.25) is 0 Å². The van der Waals surface area contributed by atoms with Gasteiger partial charge in [0.15, 0.2) is 5.78 Å². The summed E-state index contributed by atoms with van der Waals surface area (Å²) in [5, 5.41) is 3.33. The van der Waals surface area contributed by atoms with Crippen LogP contribution in [0.4, 0.5) is 5.69 Å². The van der Waals surface area contributed by atoms with Crippen LogP contribution in [0.5, 0.6) is 0 Å². The monoisotopic (exact) mass is 321 g/mol. The molecule has 130 valence electrons. The number of Topliss-reactive ketones (excluding diaryl/α,β-unsaturated/α-hetero) is 1. The van der Waals surface area contributed by atoms with Gasteiger partial charge in [-0.2, -0.15) is 0 Å². The molecule has 0 aliphatic rings. The first-order valence-corrected chi connectivity index (χ1v) is 8.64. The molecule has 0 aliphatic heterocycles. The van der Waals surface area contributed by atoms with Crippen molar-refractivity contribution in [1.82, 2.24) is 0 Å². The van der Waals surface area contributed by atoms with Crippen LogP contribution in [-0.2, 0) is 9.47 Å². The average molecular weight is 321 g/mol. The van der Waals surface area contributed by atoms with Crippen molar-refractivity contribution in [3.8, 4) is 0 Å². The number of nitrogens with one attached hydrogen (secondary N) is 1. The molecule has 1 unspecified atom stereocenters. The molecule has 0 spiro atoms. The molecule has 0 saturated heterocycles. The summed E-state index contributed by atoms with van der Waals surface area (Å²) in [6.45, 7) is 11.4. The van der Waals surface area contributed by atoms with E-state index >= 15 is 0 Å². The largest absolute Gasteiger partial charge is 0.382 e. The lowest BCUT2D eigenvalue weighted by atomic mass is 9.92. The van der Waals surface area contributed by atoms with E-state index in [1.807, 2.05) is 39.0 Å². The Bertz CT molecular complexity index is 474. The maximum atomic E-state index is 12.6. The highest BCUT2D eigenvalue weighted by Gasteiger charge is 2.18. The van der Waals surface area contributed by atoms with Gasteiger partial charge >= 0.3 is 0 Å². The van der Waals surface area contributed by atoms with E-state index in [1.165, 1.54) is 0 Å². The lowest BCUT2D eigenvalue weighted by molar-refractivity contribution is 0.0519. The van der Waals surface area contributed by atoms with Gasteiger partial charge in [-0.05, 0) is 31.4 Å². The predicted molar refractivity (Wildman–Crippen MR) is 95.4 cm³/mol.